The van der Waals surface area contributed by atoms with Gasteiger partial charge in [0, 0.05) is 30.0 Å². The Balaban J connectivity index is 1.97. The van der Waals surface area contributed by atoms with E-state index in [1.54, 1.807) is 0 Å². The maximum absolute atomic E-state index is 13.0. The molecule has 0 saturated carbocycles. The van der Waals surface area contributed by atoms with Gasteiger partial charge in [-0.15, -0.1) is 0 Å². The van der Waals surface area contributed by atoms with Gasteiger partial charge in [0.05, 0.1) is 5.56 Å². The Morgan fingerprint density at radius 3 is 2.30 bits per heavy atom. The van der Waals surface area contributed by atoms with Crippen molar-refractivity contribution in [2.75, 3.05) is 18.0 Å². The first-order valence-corrected chi connectivity index (χ1v) is 9.92. The minimum atomic E-state index is -4.38. The largest absolute Gasteiger partial charge is 0.465 e. The van der Waals surface area contributed by atoms with E-state index >= 15 is 0 Å². The average Bonchev–Trinajstić information content (AvgIpc) is 2.64. The highest BCUT2D eigenvalue weighted by atomic mass is 19.4. The van der Waals surface area contributed by atoms with Crippen LogP contribution in [0.15, 0.2) is 42.5 Å². The van der Waals surface area contributed by atoms with E-state index in [4.69, 9.17) is 0 Å². The zero-order chi connectivity index (χ0) is 22.3. The zero-order valence-corrected chi connectivity index (χ0v) is 17.6. The lowest BCUT2D eigenvalue weighted by atomic mass is 9.88. The zero-order valence-electron chi connectivity index (χ0n) is 17.6. The van der Waals surface area contributed by atoms with Crippen LogP contribution in [-0.2, 0) is 12.6 Å². The van der Waals surface area contributed by atoms with E-state index in [2.05, 4.69) is 0 Å². The molecule has 1 atom stereocenters. The molecule has 4 nitrogen and oxygen atoms in total. The predicted molar refractivity (Wildman–Crippen MR) is 111 cm³/mol. The summed E-state index contributed by atoms with van der Waals surface area (Å²) in [4.78, 5) is 15.3. The van der Waals surface area contributed by atoms with Gasteiger partial charge in [0.1, 0.15) is 0 Å². The van der Waals surface area contributed by atoms with Crippen molar-refractivity contribution >= 4 is 17.5 Å². The number of fused-ring (bicyclic) bond motifs is 1. The summed E-state index contributed by atoms with van der Waals surface area (Å²) in [5.74, 6) is 0.0104. The summed E-state index contributed by atoms with van der Waals surface area (Å²) in [6.45, 7) is 8.46. The second-order valence-electron chi connectivity index (χ2n) is 8.86. The smallest absolute Gasteiger partial charge is 0.416 e. The standard InChI is InChI=1S/C23H27F3N2O2/c1-15-6-5-7-20-19(15)12-16(14-28(21(29)30)22(2,3)4)13-27(20)18-10-8-17(9-11-18)23(24,25)26/h5-11,16H,12-14H2,1-4H3,(H,29,30). The van der Waals surface area contributed by atoms with E-state index in [9.17, 15) is 23.1 Å². The van der Waals surface area contributed by atoms with E-state index in [0.717, 1.165) is 35.4 Å². The van der Waals surface area contributed by atoms with Crippen LogP contribution >= 0.6 is 0 Å². The van der Waals surface area contributed by atoms with Crippen LogP contribution in [0.4, 0.5) is 29.3 Å². The van der Waals surface area contributed by atoms with Gasteiger partial charge in [-0.05, 0) is 81.5 Å². The van der Waals surface area contributed by atoms with Gasteiger partial charge >= 0.3 is 12.3 Å². The molecule has 0 aromatic heterocycles. The van der Waals surface area contributed by atoms with Crippen LogP contribution in [0.3, 0.4) is 0 Å². The minimum absolute atomic E-state index is 0.0104. The fraction of sp³-hybridized carbons (Fsp3) is 0.435. The Hall–Kier alpha value is -2.70. The molecule has 7 heteroatoms. The van der Waals surface area contributed by atoms with E-state index in [-0.39, 0.29) is 5.92 Å². The number of rotatable bonds is 3. The first-order chi connectivity index (χ1) is 13.9. The number of amides is 1. The lowest BCUT2D eigenvalue weighted by Crippen LogP contribution is -2.49. The van der Waals surface area contributed by atoms with Gasteiger partial charge in [0.2, 0.25) is 0 Å². The number of carbonyl (C=O) groups is 1. The fourth-order valence-electron chi connectivity index (χ4n) is 4.01. The summed E-state index contributed by atoms with van der Waals surface area (Å²) in [5.41, 5.74) is 2.59. The van der Waals surface area contributed by atoms with Crippen molar-refractivity contribution in [2.24, 2.45) is 5.92 Å². The second kappa shape index (κ2) is 7.85. The molecule has 1 unspecified atom stereocenters. The van der Waals surface area contributed by atoms with Gasteiger partial charge in [0.25, 0.3) is 0 Å². The molecular formula is C23H27F3N2O2. The van der Waals surface area contributed by atoms with Crippen molar-refractivity contribution in [3.05, 3.63) is 59.2 Å². The van der Waals surface area contributed by atoms with Crippen molar-refractivity contribution in [3.8, 4) is 0 Å². The van der Waals surface area contributed by atoms with E-state index in [1.807, 2.05) is 50.8 Å². The molecular weight excluding hydrogens is 393 g/mol. The van der Waals surface area contributed by atoms with Crippen molar-refractivity contribution in [1.82, 2.24) is 4.90 Å². The normalized spacial score (nSPS) is 16.9. The van der Waals surface area contributed by atoms with Crippen molar-refractivity contribution in [2.45, 2.75) is 45.8 Å². The summed E-state index contributed by atoms with van der Waals surface area (Å²) < 4.78 is 38.9. The number of nitrogens with zero attached hydrogens (tertiary/aromatic N) is 2. The fourth-order valence-corrected chi connectivity index (χ4v) is 4.01. The molecule has 1 amide bonds. The molecule has 1 aliphatic heterocycles. The van der Waals surface area contributed by atoms with Crippen LogP contribution in [0.25, 0.3) is 0 Å². The molecule has 3 rings (SSSR count). The SMILES string of the molecule is Cc1cccc2c1CC(CN(C(=O)O)C(C)(C)C)CN2c1ccc(C(F)(F)F)cc1. The molecule has 30 heavy (non-hydrogen) atoms. The number of aryl methyl sites for hydroxylation is 1. The summed E-state index contributed by atoms with van der Waals surface area (Å²) in [6, 6.07) is 11.1. The molecule has 162 valence electrons. The van der Waals surface area contributed by atoms with Crippen LogP contribution in [0, 0.1) is 12.8 Å². The predicted octanol–water partition coefficient (Wildman–Crippen LogP) is 6.10. The third-order valence-electron chi connectivity index (χ3n) is 5.60. The monoisotopic (exact) mass is 420 g/mol. The molecule has 0 radical (unpaired) electrons. The average molecular weight is 420 g/mol. The Morgan fingerprint density at radius 1 is 1.13 bits per heavy atom. The summed E-state index contributed by atoms with van der Waals surface area (Å²) in [6.07, 6.45) is -4.63. The maximum Gasteiger partial charge on any atom is 0.416 e. The molecule has 0 aliphatic carbocycles. The summed E-state index contributed by atoms with van der Waals surface area (Å²) >= 11 is 0. The Morgan fingerprint density at radius 2 is 1.77 bits per heavy atom. The van der Waals surface area contributed by atoms with Gasteiger partial charge in [-0.2, -0.15) is 13.2 Å². The molecule has 1 aliphatic rings. The van der Waals surface area contributed by atoms with Crippen LogP contribution in [0.5, 0.6) is 0 Å². The van der Waals surface area contributed by atoms with Gasteiger partial charge in [-0.3, -0.25) is 0 Å². The summed E-state index contributed by atoms with van der Waals surface area (Å²) in [5, 5.41) is 9.68. The Labute approximate surface area is 174 Å². The van der Waals surface area contributed by atoms with Crippen molar-refractivity contribution in [3.63, 3.8) is 0 Å². The first kappa shape index (κ1) is 22.0. The molecule has 0 spiro atoms. The van der Waals surface area contributed by atoms with Crippen molar-refractivity contribution < 1.29 is 23.1 Å². The number of carboxylic acid groups (broad SMARTS) is 1. The second-order valence-corrected chi connectivity index (χ2v) is 8.86. The topological polar surface area (TPSA) is 43.8 Å². The molecule has 0 saturated heterocycles. The molecule has 2 aromatic carbocycles. The third-order valence-corrected chi connectivity index (χ3v) is 5.60. The van der Waals surface area contributed by atoms with Gasteiger partial charge in [-0.1, -0.05) is 12.1 Å². The van der Waals surface area contributed by atoms with E-state index < -0.39 is 23.4 Å². The van der Waals surface area contributed by atoms with Crippen LogP contribution in [-0.4, -0.2) is 34.7 Å². The van der Waals surface area contributed by atoms with Gasteiger partial charge < -0.3 is 14.9 Å². The molecule has 1 heterocycles. The highest BCUT2D eigenvalue weighted by Crippen LogP contribution is 2.39. The van der Waals surface area contributed by atoms with Crippen LogP contribution in [0.2, 0.25) is 0 Å². The van der Waals surface area contributed by atoms with Crippen LogP contribution in [0.1, 0.15) is 37.5 Å². The van der Waals surface area contributed by atoms with Gasteiger partial charge in [0.15, 0.2) is 0 Å². The Kier molecular flexibility index (Phi) is 5.76. The molecule has 0 bridgehead atoms. The minimum Gasteiger partial charge on any atom is -0.465 e. The van der Waals surface area contributed by atoms with Crippen LogP contribution < -0.4 is 4.90 Å². The number of halogens is 3. The molecule has 1 N–H and O–H groups in total. The molecule has 0 fully saturated rings. The number of hydrogen-bond donors (Lipinski definition) is 1. The van der Waals surface area contributed by atoms with E-state index in [0.29, 0.717) is 18.8 Å². The van der Waals surface area contributed by atoms with E-state index in [1.165, 1.54) is 17.0 Å². The quantitative estimate of drug-likeness (QED) is 0.652. The lowest BCUT2D eigenvalue weighted by Gasteiger charge is -2.41. The highest BCUT2D eigenvalue weighted by molar-refractivity contribution is 5.70. The molecule has 2 aromatic rings. The third kappa shape index (κ3) is 4.55. The highest BCUT2D eigenvalue weighted by Gasteiger charge is 2.34. The number of hydrogen-bond acceptors (Lipinski definition) is 2. The van der Waals surface area contributed by atoms with Crippen molar-refractivity contribution in [1.29, 1.82) is 0 Å². The first-order valence-electron chi connectivity index (χ1n) is 9.92. The number of anilines is 2. The summed E-state index contributed by atoms with van der Waals surface area (Å²) in [7, 11) is 0. The Bertz CT molecular complexity index is 918. The number of benzene rings is 2. The lowest BCUT2D eigenvalue weighted by molar-refractivity contribution is -0.137. The number of alkyl halides is 3. The maximum atomic E-state index is 13.0. The van der Waals surface area contributed by atoms with Gasteiger partial charge in [-0.25, -0.2) is 4.79 Å².